The zero-order valence-corrected chi connectivity index (χ0v) is 21.6. The molecule has 9 heteroatoms. The molecule has 4 rings (SSSR count). The second-order valence-corrected chi connectivity index (χ2v) is 9.83. The Morgan fingerprint density at radius 3 is 2.37 bits per heavy atom. The Hall–Kier alpha value is -3.62. The molecule has 0 N–H and O–H groups in total. The van der Waals surface area contributed by atoms with Gasteiger partial charge in [0.05, 0.1) is 25.3 Å². The van der Waals surface area contributed by atoms with Crippen molar-refractivity contribution < 1.29 is 36.2 Å². The maximum atomic E-state index is 14.6. The summed E-state index contributed by atoms with van der Waals surface area (Å²) in [5.74, 6) is -0.859. The lowest BCUT2D eigenvalue weighted by Gasteiger charge is -2.24. The number of hydrogen-bond acceptors (Lipinski definition) is 3. The molecular weight excluding hydrogens is 505 g/mol. The fraction of sp³-hybridized carbons (Fsp3) is 0.345. The van der Waals surface area contributed by atoms with Crippen LogP contribution in [-0.2, 0) is 17.5 Å². The first-order valence-electron chi connectivity index (χ1n) is 12.1. The van der Waals surface area contributed by atoms with Gasteiger partial charge in [-0.05, 0) is 72.4 Å². The number of cyclic esters (lactones) is 1. The molecule has 202 valence electrons. The summed E-state index contributed by atoms with van der Waals surface area (Å²) < 4.78 is 80.1. The monoisotopic (exact) mass is 533 g/mol. The van der Waals surface area contributed by atoms with Gasteiger partial charge in [0.15, 0.2) is 0 Å². The standard InChI is InChI=1S/C29H28F5NO3/c1-15(2)23-12-24(26(37-5)13-25(23)31)22-7-6-21(30)11-19(22)14-35-17(4)27(38-28(35)36)18-8-16(3)9-20(10-18)29(32,33)34/h6-13,15,17,27H,14H2,1-5H3/t17-,27?/m0/s1. The number of halogens is 5. The SMILES string of the molecule is COc1cc(F)c(C(C)C)cc1-c1ccc(F)cc1CN1C(=O)OC(c2cc(C)cc(C(F)(F)F)c2)[C@@H]1C. The minimum absolute atomic E-state index is 0.0842. The smallest absolute Gasteiger partial charge is 0.416 e. The third-order valence-corrected chi connectivity index (χ3v) is 6.79. The number of carbonyl (C=O) groups excluding carboxylic acids is 1. The Labute approximate surface area is 218 Å². The predicted molar refractivity (Wildman–Crippen MR) is 133 cm³/mol. The van der Waals surface area contributed by atoms with Crippen LogP contribution >= 0.6 is 0 Å². The van der Waals surface area contributed by atoms with Gasteiger partial charge < -0.3 is 9.47 Å². The maximum Gasteiger partial charge on any atom is 0.416 e. The number of amides is 1. The summed E-state index contributed by atoms with van der Waals surface area (Å²) in [4.78, 5) is 14.2. The van der Waals surface area contributed by atoms with Crippen molar-refractivity contribution in [1.29, 1.82) is 0 Å². The van der Waals surface area contributed by atoms with Gasteiger partial charge in [0.25, 0.3) is 0 Å². The van der Waals surface area contributed by atoms with E-state index in [2.05, 4.69) is 0 Å². The van der Waals surface area contributed by atoms with Crippen LogP contribution in [0.25, 0.3) is 11.1 Å². The number of rotatable bonds is 6. The van der Waals surface area contributed by atoms with Gasteiger partial charge in [-0.25, -0.2) is 13.6 Å². The third-order valence-electron chi connectivity index (χ3n) is 6.79. The predicted octanol–water partition coefficient (Wildman–Crippen LogP) is 8.17. The van der Waals surface area contributed by atoms with Crippen LogP contribution in [0.5, 0.6) is 5.75 Å². The van der Waals surface area contributed by atoms with E-state index in [1.54, 1.807) is 26.0 Å². The quantitative estimate of drug-likeness (QED) is 0.300. The average Bonchev–Trinajstić information content (AvgIpc) is 3.11. The first kappa shape index (κ1) is 27.4. The molecule has 0 aliphatic carbocycles. The molecule has 0 radical (unpaired) electrons. The molecule has 1 amide bonds. The number of ether oxygens (including phenoxy) is 2. The van der Waals surface area contributed by atoms with Crippen molar-refractivity contribution in [2.75, 3.05) is 7.11 Å². The third kappa shape index (κ3) is 5.33. The highest BCUT2D eigenvalue weighted by Crippen LogP contribution is 2.40. The van der Waals surface area contributed by atoms with Crippen molar-refractivity contribution in [3.63, 3.8) is 0 Å². The van der Waals surface area contributed by atoms with Crippen LogP contribution in [0, 0.1) is 18.6 Å². The molecule has 1 fully saturated rings. The Morgan fingerprint density at radius 2 is 1.74 bits per heavy atom. The van der Waals surface area contributed by atoms with Crippen LogP contribution in [0.1, 0.15) is 60.6 Å². The van der Waals surface area contributed by atoms with E-state index in [1.807, 2.05) is 13.8 Å². The molecule has 3 aromatic carbocycles. The van der Waals surface area contributed by atoms with E-state index in [9.17, 15) is 26.7 Å². The molecule has 0 bridgehead atoms. The topological polar surface area (TPSA) is 38.8 Å². The summed E-state index contributed by atoms with van der Waals surface area (Å²) in [5.41, 5.74) is 1.70. The minimum Gasteiger partial charge on any atom is -0.496 e. The number of carbonyl (C=O) groups is 1. The van der Waals surface area contributed by atoms with Crippen molar-refractivity contribution >= 4 is 6.09 Å². The van der Waals surface area contributed by atoms with Crippen molar-refractivity contribution in [2.24, 2.45) is 0 Å². The number of methoxy groups -OCH3 is 1. The Morgan fingerprint density at radius 1 is 1.03 bits per heavy atom. The zero-order chi connectivity index (χ0) is 27.9. The largest absolute Gasteiger partial charge is 0.496 e. The molecule has 1 saturated heterocycles. The van der Waals surface area contributed by atoms with Crippen LogP contribution in [0.3, 0.4) is 0 Å². The van der Waals surface area contributed by atoms with E-state index in [0.717, 1.165) is 12.1 Å². The molecule has 1 aliphatic heterocycles. The molecular formula is C29H28F5NO3. The molecule has 0 aromatic heterocycles. The fourth-order valence-electron chi connectivity index (χ4n) is 4.83. The van der Waals surface area contributed by atoms with Gasteiger partial charge in [0, 0.05) is 11.6 Å². The van der Waals surface area contributed by atoms with Gasteiger partial charge >= 0.3 is 12.3 Å². The van der Waals surface area contributed by atoms with Gasteiger partial charge in [-0.3, -0.25) is 4.90 Å². The van der Waals surface area contributed by atoms with Crippen LogP contribution in [0.15, 0.2) is 48.5 Å². The summed E-state index contributed by atoms with van der Waals surface area (Å²) in [6.07, 6.45) is -6.23. The lowest BCUT2D eigenvalue weighted by Crippen LogP contribution is -2.31. The van der Waals surface area contributed by atoms with E-state index < -0.39 is 41.6 Å². The summed E-state index contributed by atoms with van der Waals surface area (Å²) >= 11 is 0. The van der Waals surface area contributed by atoms with Gasteiger partial charge in [0.1, 0.15) is 23.5 Å². The number of hydrogen-bond donors (Lipinski definition) is 0. The Bertz CT molecular complexity index is 1370. The molecule has 1 unspecified atom stereocenters. The van der Waals surface area contributed by atoms with E-state index >= 15 is 0 Å². The van der Waals surface area contributed by atoms with Gasteiger partial charge in [-0.2, -0.15) is 13.2 Å². The number of nitrogens with zero attached hydrogens (tertiary/aromatic N) is 1. The first-order chi connectivity index (χ1) is 17.8. The van der Waals surface area contributed by atoms with Crippen LogP contribution in [0.2, 0.25) is 0 Å². The zero-order valence-electron chi connectivity index (χ0n) is 21.6. The normalized spacial score (nSPS) is 17.8. The van der Waals surface area contributed by atoms with Crippen molar-refractivity contribution in [1.82, 2.24) is 4.90 Å². The van der Waals surface area contributed by atoms with Crippen LogP contribution in [0.4, 0.5) is 26.7 Å². The summed E-state index contributed by atoms with van der Waals surface area (Å²) in [7, 11) is 1.40. The lowest BCUT2D eigenvalue weighted by atomic mass is 9.92. The molecule has 0 spiro atoms. The van der Waals surface area contributed by atoms with Gasteiger partial charge in [-0.15, -0.1) is 0 Å². The molecule has 4 nitrogen and oxygen atoms in total. The number of benzene rings is 3. The van der Waals surface area contributed by atoms with Crippen molar-refractivity contribution in [3.05, 3.63) is 88.0 Å². The van der Waals surface area contributed by atoms with E-state index in [-0.39, 0.29) is 23.8 Å². The summed E-state index contributed by atoms with van der Waals surface area (Å²) in [6, 6.07) is 9.90. The van der Waals surface area contributed by atoms with Gasteiger partial charge in [0.2, 0.25) is 0 Å². The van der Waals surface area contributed by atoms with Crippen LogP contribution in [-0.4, -0.2) is 24.1 Å². The molecule has 0 saturated carbocycles. The van der Waals surface area contributed by atoms with E-state index in [0.29, 0.717) is 27.8 Å². The van der Waals surface area contributed by atoms with Crippen molar-refractivity contribution in [2.45, 2.75) is 58.5 Å². The second-order valence-electron chi connectivity index (χ2n) is 9.83. The molecule has 3 aromatic rings. The lowest BCUT2D eigenvalue weighted by molar-refractivity contribution is -0.137. The fourth-order valence-corrected chi connectivity index (χ4v) is 4.83. The summed E-state index contributed by atoms with van der Waals surface area (Å²) in [6.45, 7) is 6.81. The molecule has 2 atom stereocenters. The molecule has 1 aliphatic rings. The minimum atomic E-state index is -4.55. The Balaban J connectivity index is 1.72. The molecule has 38 heavy (non-hydrogen) atoms. The number of alkyl halides is 3. The van der Waals surface area contributed by atoms with E-state index in [4.69, 9.17) is 9.47 Å². The van der Waals surface area contributed by atoms with Crippen molar-refractivity contribution in [3.8, 4) is 16.9 Å². The average molecular weight is 534 g/mol. The molecule has 1 heterocycles. The highest BCUT2D eigenvalue weighted by Gasteiger charge is 2.41. The first-order valence-corrected chi connectivity index (χ1v) is 12.1. The maximum absolute atomic E-state index is 14.6. The Kier molecular flexibility index (Phi) is 7.41. The second kappa shape index (κ2) is 10.3. The number of aryl methyl sites for hydroxylation is 1. The summed E-state index contributed by atoms with van der Waals surface area (Å²) in [5, 5.41) is 0. The highest BCUT2D eigenvalue weighted by molar-refractivity contribution is 5.76. The van der Waals surface area contributed by atoms with E-state index in [1.165, 1.54) is 36.3 Å². The van der Waals surface area contributed by atoms with Gasteiger partial charge in [-0.1, -0.05) is 31.5 Å². The highest BCUT2D eigenvalue weighted by atomic mass is 19.4. The van der Waals surface area contributed by atoms with Crippen LogP contribution < -0.4 is 4.74 Å².